The van der Waals surface area contributed by atoms with E-state index in [4.69, 9.17) is 0 Å². The summed E-state index contributed by atoms with van der Waals surface area (Å²) in [5.41, 5.74) is 37.8. The van der Waals surface area contributed by atoms with Crippen LogP contribution in [0.5, 0.6) is 0 Å². The third-order valence-electron chi connectivity index (χ3n) is 24.7. The van der Waals surface area contributed by atoms with Crippen LogP contribution in [0, 0.1) is 0 Å². The molecule has 0 fully saturated rings. The molecule has 474 valence electrons. The predicted molar refractivity (Wildman–Crippen MR) is 419 cm³/mol. The van der Waals surface area contributed by atoms with Gasteiger partial charge in [0, 0.05) is 87.5 Å². The highest BCUT2D eigenvalue weighted by molar-refractivity contribution is 6.16. The first-order chi connectivity index (χ1) is 48.6. The van der Waals surface area contributed by atoms with Crippen molar-refractivity contribution in [2.24, 2.45) is 0 Å². The normalized spacial score (nSPS) is 15.3. The van der Waals surface area contributed by atoms with Gasteiger partial charge in [-0.05, 0) is 234 Å². The summed E-state index contributed by atoms with van der Waals surface area (Å²) in [6, 6.07) is 107. The van der Waals surface area contributed by atoms with E-state index in [0.717, 1.165) is 0 Å². The SMILES string of the molecule is CC1(C)c2cc(-c3ccc4c(c3)C(C)(C)c3cc5c6ccccc6n(-c6ccc7c(c6)C(C)(C)c6cc8c9ccccc9n(-c9ccccc9)c8cc6-7)c5cc3-4)ccc2-c2cc3c(cc21)c1ccccc1n3-c1ccc2c(c1)C(C)(C)c1cc3c4ccccc4n(-c4ccccc4)c3cc1-2. The predicted octanol–water partition coefficient (Wildman–Crippen LogP) is 25.0. The number of fused-ring (bicyclic) bond motifs is 24. The fourth-order valence-electron chi connectivity index (χ4n) is 19.7. The van der Waals surface area contributed by atoms with Crippen molar-refractivity contribution in [1.82, 2.24) is 18.3 Å². The minimum Gasteiger partial charge on any atom is -0.309 e. The second-order valence-corrected chi connectivity index (χ2v) is 31.2. The Labute approximate surface area is 580 Å². The van der Waals surface area contributed by atoms with Gasteiger partial charge in [0.25, 0.3) is 0 Å². The smallest absolute Gasteiger partial charge is 0.0547 e. The Kier molecular flexibility index (Phi) is 10.8. The van der Waals surface area contributed by atoms with Crippen LogP contribution < -0.4 is 0 Å². The van der Waals surface area contributed by atoms with Crippen LogP contribution in [0.2, 0.25) is 0 Å². The Bertz CT molecular complexity index is 6340. The van der Waals surface area contributed by atoms with Gasteiger partial charge in [-0.2, -0.15) is 0 Å². The van der Waals surface area contributed by atoms with Crippen molar-refractivity contribution in [2.45, 2.75) is 77.0 Å². The van der Waals surface area contributed by atoms with Gasteiger partial charge in [0.2, 0.25) is 0 Å². The molecule has 0 saturated carbocycles. The van der Waals surface area contributed by atoms with E-state index in [1.165, 1.54) is 210 Å². The van der Waals surface area contributed by atoms with Crippen LogP contribution >= 0.6 is 0 Å². The number of para-hydroxylation sites is 6. The highest BCUT2D eigenvalue weighted by Crippen LogP contribution is 2.58. The Hall–Kier alpha value is -11.7. The van der Waals surface area contributed by atoms with Gasteiger partial charge in [0.05, 0.1) is 44.1 Å². The van der Waals surface area contributed by atoms with Crippen LogP contribution in [0.4, 0.5) is 0 Å². The monoisotopic (exact) mass is 1280 g/mol. The average molecular weight is 1280 g/mol. The molecule has 0 saturated heterocycles. The molecule has 0 unspecified atom stereocenters. The Balaban J connectivity index is 0.627. The summed E-state index contributed by atoms with van der Waals surface area (Å²) in [4.78, 5) is 0. The van der Waals surface area contributed by atoms with Gasteiger partial charge in [-0.15, -0.1) is 0 Å². The molecule has 0 amide bonds. The maximum absolute atomic E-state index is 2.54. The lowest BCUT2D eigenvalue weighted by Gasteiger charge is -2.23. The van der Waals surface area contributed by atoms with Gasteiger partial charge < -0.3 is 18.3 Å². The number of benzene rings is 14. The lowest BCUT2D eigenvalue weighted by molar-refractivity contribution is 0.660. The Morgan fingerprint density at radius 3 is 0.710 bits per heavy atom. The molecular weight excluding hydrogens is 1210 g/mol. The highest BCUT2D eigenvalue weighted by Gasteiger charge is 2.42. The maximum Gasteiger partial charge on any atom is 0.0547 e. The number of hydrogen-bond donors (Lipinski definition) is 0. The fourth-order valence-corrected chi connectivity index (χ4v) is 19.7. The molecule has 0 bridgehead atoms. The van der Waals surface area contributed by atoms with Crippen molar-refractivity contribution in [1.29, 1.82) is 0 Å². The first-order valence-corrected chi connectivity index (χ1v) is 35.6. The molecule has 0 spiro atoms. The zero-order chi connectivity index (χ0) is 66.8. The quantitative estimate of drug-likeness (QED) is 0.164. The van der Waals surface area contributed by atoms with Gasteiger partial charge in [0.15, 0.2) is 0 Å². The molecule has 0 aliphatic heterocycles. The Morgan fingerprint density at radius 2 is 0.410 bits per heavy atom. The van der Waals surface area contributed by atoms with E-state index in [-0.39, 0.29) is 21.7 Å². The summed E-state index contributed by atoms with van der Waals surface area (Å²) in [5, 5.41) is 10.3. The highest BCUT2D eigenvalue weighted by atomic mass is 15.0. The van der Waals surface area contributed by atoms with Crippen molar-refractivity contribution >= 4 is 87.2 Å². The van der Waals surface area contributed by atoms with Crippen molar-refractivity contribution in [3.63, 3.8) is 0 Å². The first-order valence-electron chi connectivity index (χ1n) is 35.6. The zero-order valence-corrected chi connectivity index (χ0v) is 57.3. The Morgan fingerprint density at radius 1 is 0.170 bits per heavy atom. The molecule has 0 atom stereocenters. The third-order valence-corrected chi connectivity index (χ3v) is 24.7. The summed E-state index contributed by atoms with van der Waals surface area (Å²) >= 11 is 0. The van der Waals surface area contributed by atoms with E-state index in [9.17, 15) is 0 Å². The van der Waals surface area contributed by atoms with Crippen molar-refractivity contribution in [3.8, 4) is 78.4 Å². The fraction of sp³-hybridized carbons (Fsp3) is 0.125. The summed E-state index contributed by atoms with van der Waals surface area (Å²) < 4.78 is 9.98. The van der Waals surface area contributed by atoms with Crippen LogP contribution in [0.1, 0.15) is 99.9 Å². The molecule has 4 aliphatic rings. The first kappa shape index (κ1) is 56.3. The standard InChI is InChI=1S/C96H70N4/c1-93(2)77-43-55(35-39-61(77)69-53-91-75(49-81(69)93)67-29-17-21-33-87(67)99(91)59-37-41-63-71-51-89-73(47-83(71)95(5,6)79(63)45-59)65-27-15-19-31-85(65)97(89)57-23-11-9-12-24-57)56-36-40-62-70-54-92-76(50-82(70)94(3,4)78(62)44-56)68-30-18-22-34-88(68)100(92)60-38-42-64-72-52-90-74(48-84(72)96(7,8)80(64)46-60)66-28-16-20-32-86(66)98(90)58-25-13-10-14-26-58/h9-54H,1-8H3. The topological polar surface area (TPSA) is 19.7 Å². The molecule has 22 rings (SSSR count). The minimum absolute atomic E-state index is 0.222. The van der Waals surface area contributed by atoms with Crippen LogP contribution in [0.3, 0.4) is 0 Å². The summed E-state index contributed by atoms with van der Waals surface area (Å²) in [5.74, 6) is 0. The lowest BCUT2D eigenvalue weighted by Crippen LogP contribution is -2.15. The van der Waals surface area contributed by atoms with E-state index in [1.54, 1.807) is 0 Å². The second kappa shape index (κ2) is 19.1. The summed E-state index contributed by atoms with van der Waals surface area (Å²) in [6.07, 6.45) is 0. The van der Waals surface area contributed by atoms with Crippen LogP contribution in [-0.2, 0) is 21.7 Å². The van der Waals surface area contributed by atoms with Gasteiger partial charge in [0.1, 0.15) is 0 Å². The van der Waals surface area contributed by atoms with Crippen LogP contribution in [-0.4, -0.2) is 18.3 Å². The summed E-state index contributed by atoms with van der Waals surface area (Å²) in [7, 11) is 0. The number of nitrogens with zero attached hydrogens (tertiary/aromatic N) is 4. The van der Waals surface area contributed by atoms with Gasteiger partial charge in [-0.3, -0.25) is 0 Å². The maximum atomic E-state index is 2.54. The molecule has 4 aliphatic carbocycles. The van der Waals surface area contributed by atoms with E-state index >= 15 is 0 Å². The van der Waals surface area contributed by atoms with E-state index in [0.29, 0.717) is 0 Å². The lowest BCUT2D eigenvalue weighted by atomic mass is 9.80. The largest absolute Gasteiger partial charge is 0.309 e. The van der Waals surface area contributed by atoms with E-state index in [1.807, 2.05) is 0 Å². The van der Waals surface area contributed by atoms with Crippen molar-refractivity contribution in [3.05, 3.63) is 324 Å². The third kappa shape index (κ3) is 7.15. The van der Waals surface area contributed by atoms with E-state index in [2.05, 4.69) is 353 Å². The second-order valence-electron chi connectivity index (χ2n) is 31.2. The van der Waals surface area contributed by atoms with Crippen molar-refractivity contribution in [2.75, 3.05) is 0 Å². The number of rotatable bonds is 5. The molecule has 14 aromatic carbocycles. The summed E-state index contributed by atoms with van der Waals surface area (Å²) in [6.45, 7) is 19.5. The average Bonchev–Trinajstić information content (AvgIpc) is 1.56. The molecular formula is C96H70N4. The molecule has 100 heavy (non-hydrogen) atoms. The molecule has 4 heterocycles. The molecule has 18 aromatic rings. The molecule has 4 heteroatoms. The van der Waals surface area contributed by atoms with Crippen molar-refractivity contribution < 1.29 is 0 Å². The molecule has 0 N–H and O–H groups in total. The molecule has 4 nitrogen and oxygen atoms in total. The van der Waals surface area contributed by atoms with Gasteiger partial charge in [-0.25, -0.2) is 0 Å². The molecule has 4 aromatic heterocycles. The number of hydrogen-bond acceptors (Lipinski definition) is 0. The van der Waals surface area contributed by atoms with Crippen LogP contribution in [0.25, 0.3) is 166 Å². The molecule has 0 radical (unpaired) electrons. The number of aromatic nitrogens is 4. The zero-order valence-electron chi connectivity index (χ0n) is 57.3. The van der Waals surface area contributed by atoms with Gasteiger partial charge in [-0.1, -0.05) is 201 Å². The van der Waals surface area contributed by atoms with Crippen LogP contribution in [0.15, 0.2) is 279 Å². The van der Waals surface area contributed by atoms with Gasteiger partial charge >= 0.3 is 0 Å². The van der Waals surface area contributed by atoms with E-state index < -0.39 is 0 Å². The minimum atomic E-state index is -0.233.